The summed E-state index contributed by atoms with van der Waals surface area (Å²) in [5.41, 5.74) is 3.23. The molecule has 3 aromatic rings. The van der Waals surface area contributed by atoms with Crippen molar-refractivity contribution in [1.82, 2.24) is 4.98 Å². The summed E-state index contributed by atoms with van der Waals surface area (Å²) in [5, 5.41) is 29.6. The summed E-state index contributed by atoms with van der Waals surface area (Å²) in [6.45, 7) is 3.61. The first-order valence-electron chi connectivity index (χ1n) is 10.8. The monoisotopic (exact) mass is 701 g/mol. The molecule has 0 radical (unpaired) electrons. The number of rotatable bonds is 7. The van der Waals surface area contributed by atoms with Crippen LogP contribution in [-0.4, -0.2) is 40.2 Å². The zero-order chi connectivity index (χ0) is 28.4. The van der Waals surface area contributed by atoms with Crippen molar-refractivity contribution in [2.75, 3.05) is 0 Å². The van der Waals surface area contributed by atoms with E-state index in [-0.39, 0.29) is 37.5 Å². The van der Waals surface area contributed by atoms with Crippen LogP contribution in [0, 0.1) is 0 Å². The van der Waals surface area contributed by atoms with Crippen molar-refractivity contribution in [3.8, 4) is 11.3 Å². The second-order valence-corrected chi connectivity index (χ2v) is 7.51. The summed E-state index contributed by atoms with van der Waals surface area (Å²) < 4.78 is 0. The van der Waals surface area contributed by atoms with E-state index in [1.807, 2.05) is 36.4 Å². The first-order chi connectivity index (χ1) is 17.3. The van der Waals surface area contributed by atoms with Crippen molar-refractivity contribution >= 4 is 46.2 Å². The van der Waals surface area contributed by atoms with Crippen molar-refractivity contribution < 1.29 is 64.2 Å². The third-order valence-corrected chi connectivity index (χ3v) is 3.85. The van der Waals surface area contributed by atoms with Gasteiger partial charge in [0, 0.05) is 48.1 Å². The number of aliphatic carboxylic acids is 3. The number of benzene rings is 2. The maximum absolute atomic E-state index is 9.83. The summed E-state index contributed by atoms with van der Waals surface area (Å²) in [6, 6.07) is 22.6. The molecule has 0 unspecified atom stereocenters. The number of aromatic nitrogens is 1. The fraction of sp³-hybridized carbons (Fsp3) is 0.222. The van der Waals surface area contributed by atoms with Crippen LogP contribution in [0.2, 0.25) is 0 Å². The van der Waals surface area contributed by atoms with Crippen LogP contribution in [0.15, 0.2) is 66.7 Å². The molecule has 11 heteroatoms. The van der Waals surface area contributed by atoms with Crippen LogP contribution in [-0.2, 0) is 48.9 Å². The van der Waals surface area contributed by atoms with E-state index in [4.69, 9.17) is 0 Å². The minimum atomic E-state index is -1.31. The Morgan fingerprint density at radius 2 is 0.974 bits per heavy atom. The Morgan fingerprint density at radius 1 is 0.579 bits per heavy atom. The van der Waals surface area contributed by atoms with Gasteiger partial charge in [-0.05, 0) is 32.9 Å². The number of ketones is 3. The molecule has 38 heavy (non-hydrogen) atoms. The molecule has 202 valence electrons. The molecule has 0 saturated heterocycles. The minimum absolute atomic E-state index is 0. The predicted octanol–water partition coefficient (Wildman–Crippen LogP) is 0.0455. The van der Waals surface area contributed by atoms with E-state index in [0.29, 0.717) is 0 Å². The van der Waals surface area contributed by atoms with Crippen molar-refractivity contribution in [3.05, 3.63) is 66.7 Å². The molecule has 0 aliphatic heterocycles. The fourth-order valence-electron chi connectivity index (χ4n) is 2.45. The van der Waals surface area contributed by atoms with E-state index in [0.717, 1.165) is 16.8 Å². The smallest absolute Gasteiger partial charge is 0.550 e. The van der Waals surface area contributed by atoms with Gasteiger partial charge in [-0.2, -0.15) is 0 Å². The molecular formula is C27H26IrNO9. The Hall–Kier alpha value is -4.08. The van der Waals surface area contributed by atoms with E-state index in [1.165, 1.54) is 26.2 Å². The van der Waals surface area contributed by atoms with Crippen molar-refractivity contribution in [3.63, 3.8) is 0 Å². The van der Waals surface area contributed by atoms with Crippen LogP contribution in [0.4, 0.5) is 0 Å². The maximum atomic E-state index is 9.83. The van der Waals surface area contributed by atoms with Gasteiger partial charge in [0.1, 0.15) is 17.3 Å². The summed E-state index contributed by atoms with van der Waals surface area (Å²) in [5.74, 6) is -5.06. The SMILES string of the molecule is CC(=O)CC(=O)[O-].CC(=O)CC(=O)[O-].CC(=O)CC(=O)[O-].[Ir+3].c1ccc(-c2ccc3ccccc3n2)cc1. The van der Waals surface area contributed by atoms with Gasteiger partial charge >= 0.3 is 20.1 Å². The normalized spacial score (nSPS) is 8.92. The van der Waals surface area contributed by atoms with Crippen LogP contribution in [0.3, 0.4) is 0 Å². The van der Waals surface area contributed by atoms with Crippen molar-refractivity contribution in [1.29, 1.82) is 0 Å². The van der Waals surface area contributed by atoms with Crippen LogP contribution in [0.1, 0.15) is 40.0 Å². The van der Waals surface area contributed by atoms with Crippen LogP contribution < -0.4 is 15.3 Å². The predicted molar refractivity (Wildman–Crippen MR) is 128 cm³/mol. The molecule has 0 bridgehead atoms. The third kappa shape index (κ3) is 19.1. The van der Waals surface area contributed by atoms with Gasteiger partial charge in [0.2, 0.25) is 0 Å². The Labute approximate surface area is 233 Å². The summed E-state index contributed by atoms with van der Waals surface area (Å²) in [7, 11) is 0. The number of Topliss-reactive ketones (excluding diaryl/α,β-unsaturated/α-hetero) is 3. The summed E-state index contributed by atoms with van der Waals surface area (Å²) in [6.07, 6.45) is -1.42. The number of carbonyl (C=O) groups excluding carboxylic acids is 6. The number of hydrogen-bond acceptors (Lipinski definition) is 10. The van der Waals surface area contributed by atoms with E-state index >= 15 is 0 Å². The topological polar surface area (TPSA) is 184 Å². The molecule has 0 N–H and O–H groups in total. The second kappa shape index (κ2) is 20.0. The van der Waals surface area contributed by atoms with Gasteiger partial charge in [-0.15, -0.1) is 0 Å². The standard InChI is InChI=1S/C15H11N.3C4H6O3.Ir/c1-2-6-12(7-3-1)15-11-10-13-8-4-5-9-14(13)16-15;3*1-3(5)2-4(6)7;/h1-11H;3*2H2,1H3,(H,6,7);/q;;;;+3/p-3. The Morgan fingerprint density at radius 3 is 1.34 bits per heavy atom. The van der Waals surface area contributed by atoms with E-state index < -0.39 is 37.2 Å². The van der Waals surface area contributed by atoms with Gasteiger partial charge in [-0.25, -0.2) is 4.98 Å². The first-order valence-corrected chi connectivity index (χ1v) is 10.8. The first kappa shape index (κ1) is 36.1. The molecular weight excluding hydrogens is 675 g/mol. The quantitative estimate of drug-likeness (QED) is 0.305. The largest absolute Gasteiger partial charge is 3.00 e. The Kier molecular flexibility index (Phi) is 19.0. The maximum Gasteiger partial charge on any atom is 3.00 e. The third-order valence-electron chi connectivity index (χ3n) is 3.85. The number of carbonyl (C=O) groups is 6. The number of carboxylic acids is 3. The summed E-state index contributed by atoms with van der Waals surface area (Å²) in [4.78, 5) is 62.6. The average molecular weight is 701 g/mol. The Balaban J connectivity index is 0. The van der Waals surface area contributed by atoms with E-state index in [1.54, 1.807) is 0 Å². The summed E-state index contributed by atoms with van der Waals surface area (Å²) >= 11 is 0. The molecule has 10 nitrogen and oxygen atoms in total. The van der Waals surface area contributed by atoms with E-state index in [9.17, 15) is 44.1 Å². The van der Waals surface area contributed by atoms with Gasteiger partial charge in [-0.1, -0.05) is 54.6 Å². The average Bonchev–Trinajstić information content (AvgIpc) is 2.78. The van der Waals surface area contributed by atoms with Crippen molar-refractivity contribution in [2.24, 2.45) is 0 Å². The number of hydrogen-bond donors (Lipinski definition) is 0. The molecule has 0 aliphatic rings. The molecule has 2 aromatic carbocycles. The van der Waals surface area contributed by atoms with Gasteiger partial charge in [0.05, 0.1) is 11.2 Å². The molecule has 0 saturated carbocycles. The van der Waals surface area contributed by atoms with Crippen molar-refractivity contribution in [2.45, 2.75) is 40.0 Å². The van der Waals surface area contributed by atoms with Crippen LogP contribution in [0.5, 0.6) is 0 Å². The molecule has 3 rings (SSSR count). The molecule has 1 aromatic heterocycles. The number of carboxylic acid groups (broad SMARTS) is 3. The second-order valence-electron chi connectivity index (χ2n) is 7.51. The number of nitrogens with zero attached hydrogens (tertiary/aromatic N) is 1. The number of pyridine rings is 1. The molecule has 0 fully saturated rings. The number of fused-ring (bicyclic) bond motifs is 1. The van der Waals surface area contributed by atoms with Gasteiger partial charge in [0.15, 0.2) is 0 Å². The van der Waals surface area contributed by atoms with Crippen LogP contribution >= 0.6 is 0 Å². The molecule has 0 spiro atoms. The van der Waals surface area contributed by atoms with Gasteiger partial charge in [0.25, 0.3) is 0 Å². The Bertz CT molecular complexity index is 1130. The fourth-order valence-corrected chi connectivity index (χ4v) is 2.45. The molecule has 0 atom stereocenters. The van der Waals surface area contributed by atoms with Gasteiger partial charge in [-0.3, -0.25) is 14.4 Å². The minimum Gasteiger partial charge on any atom is -0.550 e. The zero-order valence-corrected chi connectivity index (χ0v) is 23.3. The molecule has 0 amide bonds. The number of para-hydroxylation sites is 1. The van der Waals surface area contributed by atoms with Gasteiger partial charge < -0.3 is 29.7 Å². The molecule has 1 heterocycles. The van der Waals surface area contributed by atoms with E-state index in [2.05, 4.69) is 35.3 Å². The molecule has 0 aliphatic carbocycles. The van der Waals surface area contributed by atoms with Crippen LogP contribution in [0.25, 0.3) is 22.2 Å². The zero-order valence-electron chi connectivity index (χ0n) is 20.9.